The fraction of sp³-hybridized carbons (Fsp3) is 0.550. The fourth-order valence-corrected chi connectivity index (χ4v) is 4.26. The molecule has 0 aromatic heterocycles. The summed E-state index contributed by atoms with van der Waals surface area (Å²) in [5.41, 5.74) is 6.68. The van der Waals surface area contributed by atoms with Crippen LogP contribution in [0.15, 0.2) is 30.0 Å². The molecule has 6 heteroatoms. The molecule has 1 fully saturated rings. The lowest BCUT2D eigenvalue weighted by molar-refractivity contribution is -0.139. The zero-order valence-electron chi connectivity index (χ0n) is 15.8. The van der Waals surface area contributed by atoms with Crippen molar-refractivity contribution in [1.82, 2.24) is 4.90 Å². The summed E-state index contributed by atoms with van der Waals surface area (Å²) in [6.45, 7) is 1.31. The number of nitrogens with zero attached hydrogens (tertiary/aromatic N) is 1. The van der Waals surface area contributed by atoms with E-state index in [1.165, 1.54) is 5.56 Å². The molecule has 1 saturated heterocycles. The highest BCUT2D eigenvalue weighted by Gasteiger charge is 2.48. The van der Waals surface area contributed by atoms with Gasteiger partial charge in [-0.1, -0.05) is 6.07 Å². The van der Waals surface area contributed by atoms with Gasteiger partial charge in [0.05, 0.1) is 20.6 Å². The van der Waals surface area contributed by atoms with Crippen LogP contribution in [0.4, 0.5) is 0 Å². The van der Waals surface area contributed by atoms with E-state index < -0.39 is 0 Å². The fourth-order valence-electron chi connectivity index (χ4n) is 4.26. The molecule has 0 amide bonds. The molecule has 0 bridgehead atoms. The Bertz CT molecular complexity index is 703. The number of ether oxygens (including phenoxy) is 3. The molecule has 1 aromatic rings. The van der Waals surface area contributed by atoms with Crippen molar-refractivity contribution in [3.8, 4) is 11.5 Å². The van der Waals surface area contributed by atoms with E-state index in [2.05, 4.69) is 30.2 Å². The number of allylic oxidation sites excluding steroid dienone is 1. The Balaban J connectivity index is 1.92. The largest absolute Gasteiger partial charge is 0.493 e. The standard InChI is InChI=1S/C20H28N2O4/c1-22-11-9-20(14-4-5-16(24-2)17(12-14)25-3)8-6-15(13-18(20)22)26-19(23)7-10-21/h4-5,12-13,18H,6-11,21H2,1-3H3/t18-,20-/m0/s1. The van der Waals surface area contributed by atoms with Gasteiger partial charge in [0.1, 0.15) is 5.76 Å². The number of likely N-dealkylation sites (tertiary alicyclic amines) is 1. The first-order valence-electron chi connectivity index (χ1n) is 9.08. The lowest BCUT2D eigenvalue weighted by Gasteiger charge is -2.40. The number of benzene rings is 1. The van der Waals surface area contributed by atoms with Gasteiger partial charge in [-0.3, -0.25) is 9.69 Å². The van der Waals surface area contributed by atoms with Gasteiger partial charge in [0.25, 0.3) is 0 Å². The second kappa shape index (κ2) is 7.68. The topological polar surface area (TPSA) is 74.0 Å². The van der Waals surface area contributed by atoms with Crippen molar-refractivity contribution < 1.29 is 19.0 Å². The maximum atomic E-state index is 11.8. The molecule has 1 heterocycles. The second-order valence-corrected chi connectivity index (χ2v) is 7.05. The molecule has 2 N–H and O–H groups in total. The van der Waals surface area contributed by atoms with Gasteiger partial charge in [-0.15, -0.1) is 0 Å². The van der Waals surface area contributed by atoms with Gasteiger partial charge in [0.15, 0.2) is 11.5 Å². The van der Waals surface area contributed by atoms with Crippen LogP contribution >= 0.6 is 0 Å². The minimum atomic E-state index is -0.252. The van der Waals surface area contributed by atoms with E-state index in [1.54, 1.807) is 14.2 Å². The molecule has 2 aliphatic rings. The number of fused-ring (bicyclic) bond motifs is 1. The molecule has 0 spiro atoms. The zero-order chi connectivity index (χ0) is 18.7. The van der Waals surface area contributed by atoms with Crippen molar-refractivity contribution in [2.75, 3.05) is 34.4 Å². The summed E-state index contributed by atoms with van der Waals surface area (Å²) in [7, 11) is 5.43. The number of carbonyl (C=O) groups is 1. The van der Waals surface area contributed by atoms with Crippen molar-refractivity contribution in [2.45, 2.75) is 37.1 Å². The van der Waals surface area contributed by atoms with Gasteiger partial charge in [-0.2, -0.15) is 0 Å². The third kappa shape index (κ3) is 3.31. The van der Waals surface area contributed by atoms with Crippen LogP contribution in [-0.4, -0.2) is 51.3 Å². The average Bonchev–Trinajstić information content (AvgIpc) is 2.99. The first-order valence-corrected chi connectivity index (χ1v) is 9.08. The van der Waals surface area contributed by atoms with Gasteiger partial charge < -0.3 is 19.9 Å². The number of carbonyl (C=O) groups excluding carboxylic acids is 1. The summed E-state index contributed by atoms with van der Waals surface area (Å²) in [5, 5.41) is 0. The number of likely N-dealkylation sites (N-methyl/N-ethyl adjacent to an activating group) is 1. The van der Waals surface area contributed by atoms with E-state index in [0.717, 1.165) is 43.1 Å². The minimum absolute atomic E-state index is 0.00191. The lowest BCUT2D eigenvalue weighted by atomic mass is 9.68. The average molecular weight is 360 g/mol. The Morgan fingerprint density at radius 1 is 1.27 bits per heavy atom. The van der Waals surface area contributed by atoms with E-state index in [-0.39, 0.29) is 23.8 Å². The highest BCUT2D eigenvalue weighted by atomic mass is 16.5. The molecular weight excluding hydrogens is 332 g/mol. The van der Waals surface area contributed by atoms with Crippen LogP contribution in [0.2, 0.25) is 0 Å². The number of hydrogen-bond donors (Lipinski definition) is 1. The number of esters is 1. The van der Waals surface area contributed by atoms with Crippen molar-refractivity contribution >= 4 is 5.97 Å². The maximum Gasteiger partial charge on any atom is 0.312 e. The first kappa shape index (κ1) is 18.7. The molecule has 1 aromatic carbocycles. The smallest absolute Gasteiger partial charge is 0.312 e. The van der Waals surface area contributed by atoms with Crippen LogP contribution in [-0.2, 0) is 14.9 Å². The molecule has 3 rings (SSSR count). The SMILES string of the molecule is COc1ccc([C@@]23CCC(OC(=O)CCN)=C[C@@H]2N(C)CC3)cc1OC. The Morgan fingerprint density at radius 3 is 2.73 bits per heavy atom. The molecule has 1 aliphatic carbocycles. The maximum absolute atomic E-state index is 11.8. The van der Waals surface area contributed by atoms with Crippen LogP contribution in [0.5, 0.6) is 11.5 Å². The van der Waals surface area contributed by atoms with E-state index in [9.17, 15) is 4.79 Å². The molecular formula is C20H28N2O4. The summed E-state index contributed by atoms with van der Waals surface area (Å²) in [6, 6.07) is 6.38. The van der Waals surface area contributed by atoms with E-state index in [1.807, 2.05) is 6.07 Å². The Labute approximate surface area is 154 Å². The van der Waals surface area contributed by atoms with Crippen molar-refractivity contribution in [1.29, 1.82) is 0 Å². The summed E-state index contributed by atoms with van der Waals surface area (Å²) >= 11 is 0. The van der Waals surface area contributed by atoms with E-state index in [4.69, 9.17) is 19.9 Å². The van der Waals surface area contributed by atoms with Gasteiger partial charge in [-0.25, -0.2) is 0 Å². The monoisotopic (exact) mass is 360 g/mol. The molecule has 0 saturated carbocycles. The summed E-state index contributed by atoms with van der Waals surface area (Å²) in [5.74, 6) is 1.99. The first-order chi connectivity index (χ1) is 12.5. The Morgan fingerprint density at radius 2 is 2.04 bits per heavy atom. The van der Waals surface area contributed by atoms with Crippen LogP contribution in [0.3, 0.4) is 0 Å². The predicted molar refractivity (Wildman–Crippen MR) is 99.3 cm³/mol. The van der Waals surface area contributed by atoms with Crippen LogP contribution in [0.1, 0.15) is 31.2 Å². The van der Waals surface area contributed by atoms with Crippen LogP contribution < -0.4 is 15.2 Å². The van der Waals surface area contributed by atoms with Crippen molar-refractivity contribution in [2.24, 2.45) is 5.73 Å². The molecule has 26 heavy (non-hydrogen) atoms. The number of rotatable bonds is 6. The van der Waals surface area contributed by atoms with Gasteiger partial charge in [0.2, 0.25) is 0 Å². The third-order valence-corrected chi connectivity index (χ3v) is 5.66. The predicted octanol–water partition coefficient (Wildman–Crippen LogP) is 2.22. The summed E-state index contributed by atoms with van der Waals surface area (Å²) < 4.78 is 16.4. The summed E-state index contributed by atoms with van der Waals surface area (Å²) in [6.07, 6.45) is 5.10. The molecule has 0 unspecified atom stereocenters. The number of hydrogen-bond acceptors (Lipinski definition) is 6. The quantitative estimate of drug-likeness (QED) is 0.784. The Hall–Kier alpha value is -2.05. The van der Waals surface area contributed by atoms with Crippen LogP contribution in [0, 0.1) is 0 Å². The van der Waals surface area contributed by atoms with Crippen molar-refractivity contribution in [3.05, 3.63) is 35.6 Å². The van der Waals surface area contributed by atoms with E-state index >= 15 is 0 Å². The van der Waals surface area contributed by atoms with E-state index in [0.29, 0.717) is 6.54 Å². The van der Waals surface area contributed by atoms with Gasteiger partial charge in [0, 0.05) is 24.4 Å². The van der Waals surface area contributed by atoms with Gasteiger partial charge in [-0.05, 0) is 50.2 Å². The molecule has 1 aliphatic heterocycles. The van der Waals surface area contributed by atoms with Gasteiger partial charge >= 0.3 is 5.97 Å². The number of methoxy groups -OCH3 is 2. The highest BCUT2D eigenvalue weighted by molar-refractivity contribution is 5.70. The molecule has 2 atom stereocenters. The Kier molecular flexibility index (Phi) is 5.53. The van der Waals surface area contributed by atoms with Crippen molar-refractivity contribution in [3.63, 3.8) is 0 Å². The second-order valence-electron chi connectivity index (χ2n) is 7.05. The highest BCUT2D eigenvalue weighted by Crippen LogP contribution is 2.49. The molecule has 0 radical (unpaired) electrons. The molecule has 6 nitrogen and oxygen atoms in total. The summed E-state index contributed by atoms with van der Waals surface area (Å²) in [4.78, 5) is 14.1. The number of nitrogens with two attached hydrogens (primary N) is 1. The zero-order valence-corrected chi connectivity index (χ0v) is 15.8. The third-order valence-electron chi connectivity index (χ3n) is 5.66. The van der Waals surface area contributed by atoms with Crippen LogP contribution in [0.25, 0.3) is 0 Å². The normalized spacial score (nSPS) is 25.4. The molecule has 142 valence electrons. The minimum Gasteiger partial charge on any atom is -0.493 e. The lowest BCUT2D eigenvalue weighted by Crippen LogP contribution is -2.42.